The molecule has 0 saturated heterocycles. The molecule has 4 nitrogen and oxygen atoms in total. The van der Waals surface area contributed by atoms with Gasteiger partial charge in [-0.3, -0.25) is 9.52 Å². The molecule has 1 N–H and O–H groups in total. The number of hydrogen-bond donors (Lipinski definition) is 1. The van der Waals surface area contributed by atoms with E-state index in [1.165, 1.54) is 6.08 Å². The van der Waals surface area contributed by atoms with Crippen LogP contribution in [0.4, 0.5) is 5.69 Å². The summed E-state index contributed by atoms with van der Waals surface area (Å²) in [7, 11) is -3.30. The summed E-state index contributed by atoms with van der Waals surface area (Å²) in [4.78, 5) is 12.9. The van der Waals surface area contributed by atoms with Crippen molar-refractivity contribution in [2.24, 2.45) is 0 Å². The summed E-state index contributed by atoms with van der Waals surface area (Å²) in [5.41, 5.74) is 0.947. The molecule has 0 unspecified atom stereocenters. The SMILES string of the molecule is CS(=O)(=O)Nc1ccc(C(=O)C=Cc2cccs2)cc1. The highest BCUT2D eigenvalue weighted by Gasteiger charge is 2.04. The number of carbonyl (C=O) groups is 1. The van der Waals surface area contributed by atoms with E-state index >= 15 is 0 Å². The van der Waals surface area contributed by atoms with Crippen LogP contribution in [0.25, 0.3) is 6.08 Å². The van der Waals surface area contributed by atoms with Gasteiger partial charge in [0.2, 0.25) is 10.0 Å². The van der Waals surface area contributed by atoms with Crippen LogP contribution in [0.3, 0.4) is 0 Å². The van der Waals surface area contributed by atoms with E-state index in [0.29, 0.717) is 11.3 Å². The van der Waals surface area contributed by atoms with Gasteiger partial charge in [-0.05, 0) is 47.9 Å². The van der Waals surface area contributed by atoms with Crippen molar-refractivity contribution < 1.29 is 13.2 Å². The van der Waals surface area contributed by atoms with E-state index in [2.05, 4.69) is 4.72 Å². The monoisotopic (exact) mass is 307 g/mol. The Morgan fingerprint density at radius 3 is 2.45 bits per heavy atom. The van der Waals surface area contributed by atoms with Crippen molar-refractivity contribution in [1.29, 1.82) is 0 Å². The lowest BCUT2D eigenvalue weighted by molar-refractivity contribution is 0.104. The first-order valence-corrected chi connectivity index (χ1v) is 8.55. The summed E-state index contributed by atoms with van der Waals surface area (Å²) in [6.45, 7) is 0. The Balaban J connectivity index is 2.08. The Bertz CT molecular complexity index is 714. The predicted molar refractivity (Wildman–Crippen MR) is 82.6 cm³/mol. The minimum Gasteiger partial charge on any atom is -0.289 e. The maximum Gasteiger partial charge on any atom is 0.229 e. The van der Waals surface area contributed by atoms with Gasteiger partial charge in [0.1, 0.15) is 0 Å². The van der Waals surface area contributed by atoms with E-state index < -0.39 is 10.0 Å². The highest BCUT2D eigenvalue weighted by atomic mass is 32.2. The van der Waals surface area contributed by atoms with Gasteiger partial charge < -0.3 is 0 Å². The number of allylic oxidation sites excluding steroid dienone is 1. The van der Waals surface area contributed by atoms with Crippen molar-refractivity contribution in [1.82, 2.24) is 0 Å². The smallest absolute Gasteiger partial charge is 0.229 e. The van der Waals surface area contributed by atoms with E-state index in [4.69, 9.17) is 0 Å². The van der Waals surface area contributed by atoms with Crippen molar-refractivity contribution in [3.8, 4) is 0 Å². The van der Waals surface area contributed by atoms with Crippen LogP contribution in [0.5, 0.6) is 0 Å². The van der Waals surface area contributed by atoms with Gasteiger partial charge >= 0.3 is 0 Å². The molecular formula is C14H13NO3S2. The lowest BCUT2D eigenvalue weighted by atomic mass is 10.1. The largest absolute Gasteiger partial charge is 0.289 e. The Hall–Kier alpha value is -1.92. The molecule has 0 radical (unpaired) electrons. The van der Waals surface area contributed by atoms with Crippen LogP contribution >= 0.6 is 11.3 Å². The predicted octanol–water partition coefficient (Wildman–Crippen LogP) is 3.02. The van der Waals surface area contributed by atoms with E-state index in [1.807, 2.05) is 17.5 Å². The summed E-state index contributed by atoms with van der Waals surface area (Å²) in [6, 6.07) is 10.2. The molecule has 104 valence electrons. The van der Waals surface area contributed by atoms with E-state index in [-0.39, 0.29) is 5.78 Å². The Kier molecular flexibility index (Phi) is 4.36. The molecule has 6 heteroatoms. The lowest BCUT2D eigenvalue weighted by Crippen LogP contribution is -2.09. The van der Waals surface area contributed by atoms with Gasteiger partial charge in [-0.15, -0.1) is 11.3 Å². The number of anilines is 1. The van der Waals surface area contributed by atoms with Gasteiger partial charge in [-0.1, -0.05) is 6.07 Å². The average Bonchev–Trinajstić information content (AvgIpc) is 2.88. The first kappa shape index (κ1) is 14.5. The number of nitrogens with one attached hydrogen (secondary N) is 1. The number of rotatable bonds is 5. The molecule has 0 fully saturated rings. The fourth-order valence-corrected chi connectivity index (χ4v) is 2.74. The van der Waals surface area contributed by atoms with E-state index in [9.17, 15) is 13.2 Å². The molecule has 2 aromatic rings. The Morgan fingerprint density at radius 2 is 1.90 bits per heavy atom. The lowest BCUT2D eigenvalue weighted by Gasteiger charge is -2.03. The van der Waals surface area contributed by atoms with Gasteiger partial charge in [-0.25, -0.2) is 8.42 Å². The van der Waals surface area contributed by atoms with Crippen molar-refractivity contribution in [3.63, 3.8) is 0 Å². The molecule has 0 aliphatic heterocycles. The van der Waals surface area contributed by atoms with Crippen molar-refractivity contribution in [2.45, 2.75) is 0 Å². The van der Waals surface area contributed by atoms with Crippen molar-refractivity contribution in [3.05, 3.63) is 58.3 Å². The molecule has 0 aliphatic carbocycles. The highest BCUT2D eigenvalue weighted by molar-refractivity contribution is 7.92. The standard InChI is InChI=1S/C14H13NO3S2/c1-20(17,18)15-12-6-4-11(5-7-12)14(16)9-8-13-3-2-10-19-13/h2-10,15H,1H3. The second kappa shape index (κ2) is 6.02. The van der Waals surface area contributed by atoms with Gasteiger partial charge in [0.25, 0.3) is 0 Å². The normalized spacial score (nSPS) is 11.7. The van der Waals surface area contributed by atoms with Crippen LogP contribution in [0, 0.1) is 0 Å². The molecule has 0 aliphatic rings. The minimum atomic E-state index is -3.30. The molecule has 20 heavy (non-hydrogen) atoms. The topological polar surface area (TPSA) is 63.2 Å². The number of thiophene rings is 1. The molecule has 1 aromatic heterocycles. The van der Waals surface area contributed by atoms with Crippen LogP contribution < -0.4 is 4.72 Å². The summed E-state index contributed by atoms with van der Waals surface area (Å²) >= 11 is 1.55. The number of hydrogen-bond acceptors (Lipinski definition) is 4. The molecule has 0 saturated carbocycles. The zero-order chi connectivity index (χ0) is 14.6. The third kappa shape index (κ3) is 4.32. The van der Waals surface area contributed by atoms with E-state index in [1.54, 1.807) is 41.7 Å². The van der Waals surface area contributed by atoms with Crippen LogP contribution in [0.15, 0.2) is 47.9 Å². The summed E-state index contributed by atoms with van der Waals surface area (Å²) in [5.74, 6) is -0.121. The van der Waals surface area contributed by atoms with Crippen LogP contribution in [-0.2, 0) is 10.0 Å². The fourth-order valence-electron chi connectivity index (χ4n) is 1.56. The number of carbonyl (C=O) groups excluding carboxylic acids is 1. The van der Waals surface area contributed by atoms with Crippen LogP contribution in [-0.4, -0.2) is 20.5 Å². The second-order valence-corrected chi connectivity index (χ2v) is 6.89. The van der Waals surface area contributed by atoms with Gasteiger partial charge in [0.05, 0.1) is 6.26 Å². The molecule has 1 heterocycles. The fraction of sp³-hybridized carbons (Fsp3) is 0.0714. The maximum atomic E-state index is 11.9. The van der Waals surface area contributed by atoms with Crippen molar-refractivity contribution >= 4 is 38.9 Å². The molecular weight excluding hydrogens is 294 g/mol. The van der Waals surface area contributed by atoms with Gasteiger partial charge in [0, 0.05) is 16.1 Å². The zero-order valence-corrected chi connectivity index (χ0v) is 12.4. The molecule has 0 spiro atoms. The number of benzene rings is 1. The van der Waals surface area contributed by atoms with Crippen LogP contribution in [0.2, 0.25) is 0 Å². The summed E-state index contributed by atoms with van der Waals surface area (Å²) in [5, 5.41) is 1.94. The van der Waals surface area contributed by atoms with Gasteiger partial charge in [-0.2, -0.15) is 0 Å². The number of sulfonamides is 1. The Morgan fingerprint density at radius 1 is 1.20 bits per heavy atom. The Labute approximate surface area is 121 Å². The molecule has 1 aromatic carbocycles. The second-order valence-electron chi connectivity index (χ2n) is 4.16. The minimum absolute atomic E-state index is 0.121. The molecule has 0 atom stereocenters. The third-order valence-electron chi connectivity index (χ3n) is 2.41. The van der Waals surface area contributed by atoms with E-state index in [0.717, 1.165) is 11.1 Å². The molecule has 0 bridgehead atoms. The molecule has 2 rings (SSSR count). The number of ketones is 1. The maximum absolute atomic E-state index is 11.9. The summed E-state index contributed by atoms with van der Waals surface area (Å²) in [6.07, 6.45) is 4.34. The first-order chi connectivity index (χ1) is 9.44. The summed E-state index contributed by atoms with van der Waals surface area (Å²) < 4.78 is 24.5. The third-order valence-corrected chi connectivity index (χ3v) is 3.86. The van der Waals surface area contributed by atoms with Gasteiger partial charge in [0.15, 0.2) is 5.78 Å². The first-order valence-electron chi connectivity index (χ1n) is 5.78. The highest BCUT2D eigenvalue weighted by Crippen LogP contribution is 2.14. The van der Waals surface area contributed by atoms with Crippen LogP contribution in [0.1, 0.15) is 15.2 Å². The average molecular weight is 307 g/mol. The quantitative estimate of drug-likeness (QED) is 0.682. The van der Waals surface area contributed by atoms with Crippen molar-refractivity contribution in [2.75, 3.05) is 11.0 Å². The molecule has 0 amide bonds. The zero-order valence-electron chi connectivity index (χ0n) is 10.7.